The first-order valence-corrected chi connectivity index (χ1v) is 7.68. The maximum absolute atomic E-state index is 12.3. The van der Waals surface area contributed by atoms with Crippen LogP contribution in [0.3, 0.4) is 0 Å². The van der Waals surface area contributed by atoms with Gasteiger partial charge in [0.2, 0.25) is 0 Å². The standard InChI is InChI=1S/C12H16N2O4S/c1-18-9-2-3-11(13)10(8-9)12(15)14-4-6-19(16,17)7-5-14/h2-3,8H,4-7,13H2,1H3. The lowest BCUT2D eigenvalue weighted by molar-refractivity contribution is 0.0771. The number of sulfone groups is 1. The van der Waals surface area contributed by atoms with E-state index in [2.05, 4.69) is 0 Å². The molecule has 0 aromatic heterocycles. The normalized spacial score (nSPS) is 18.1. The first kappa shape index (κ1) is 13.7. The van der Waals surface area contributed by atoms with Gasteiger partial charge in [0.15, 0.2) is 9.84 Å². The lowest BCUT2D eigenvalue weighted by atomic mass is 10.1. The average Bonchev–Trinajstić information content (AvgIpc) is 2.38. The molecule has 1 aromatic rings. The minimum Gasteiger partial charge on any atom is -0.497 e. The van der Waals surface area contributed by atoms with Gasteiger partial charge >= 0.3 is 0 Å². The first-order chi connectivity index (χ1) is 8.93. The van der Waals surface area contributed by atoms with Gasteiger partial charge in [-0.05, 0) is 18.2 Å². The quantitative estimate of drug-likeness (QED) is 0.781. The number of nitrogens with two attached hydrogens (primary N) is 1. The van der Waals surface area contributed by atoms with Crippen LogP contribution in [-0.2, 0) is 9.84 Å². The van der Waals surface area contributed by atoms with Gasteiger partial charge in [-0.2, -0.15) is 0 Å². The molecular formula is C12H16N2O4S. The van der Waals surface area contributed by atoms with Gasteiger partial charge in [-0.3, -0.25) is 4.79 Å². The fourth-order valence-corrected chi connectivity index (χ4v) is 3.13. The summed E-state index contributed by atoms with van der Waals surface area (Å²) in [5, 5.41) is 0. The summed E-state index contributed by atoms with van der Waals surface area (Å²) < 4.78 is 27.7. The number of ether oxygens (including phenoxy) is 1. The Morgan fingerprint density at radius 2 is 1.95 bits per heavy atom. The van der Waals surface area contributed by atoms with Gasteiger partial charge in [0.1, 0.15) is 5.75 Å². The summed E-state index contributed by atoms with van der Waals surface area (Å²) in [6.07, 6.45) is 0. The third-order valence-corrected chi connectivity index (χ3v) is 4.73. The van der Waals surface area contributed by atoms with Crippen molar-refractivity contribution in [3.8, 4) is 5.75 Å². The third-order valence-electron chi connectivity index (χ3n) is 3.12. The molecule has 19 heavy (non-hydrogen) atoms. The zero-order valence-corrected chi connectivity index (χ0v) is 11.4. The number of benzene rings is 1. The van der Waals surface area contributed by atoms with Crippen molar-refractivity contribution >= 4 is 21.4 Å². The highest BCUT2D eigenvalue weighted by atomic mass is 32.2. The van der Waals surface area contributed by atoms with Crippen molar-refractivity contribution in [2.75, 3.05) is 37.4 Å². The van der Waals surface area contributed by atoms with E-state index in [1.54, 1.807) is 18.2 Å². The minimum atomic E-state index is -3.00. The summed E-state index contributed by atoms with van der Waals surface area (Å²) in [5.41, 5.74) is 6.49. The number of nitrogens with zero attached hydrogens (tertiary/aromatic N) is 1. The molecule has 1 aromatic carbocycles. The Labute approximate surface area is 112 Å². The summed E-state index contributed by atoms with van der Waals surface area (Å²) in [6.45, 7) is 0.412. The smallest absolute Gasteiger partial charge is 0.256 e. The molecule has 1 heterocycles. The zero-order chi connectivity index (χ0) is 14.0. The van der Waals surface area contributed by atoms with Crippen LogP contribution in [0.1, 0.15) is 10.4 Å². The number of rotatable bonds is 2. The van der Waals surface area contributed by atoms with E-state index in [0.29, 0.717) is 17.0 Å². The van der Waals surface area contributed by atoms with Crippen LogP contribution in [0.2, 0.25) is 0 Å². The molecule has 104 valence electrons. The molecule has 0 spiro atoms. The predicted molar refractivity (Wildman–Crippen MR) is 72.0 cm³/mol. The molecule has 1 saturated heterocycles. The third kappa shape index (κ3) is 2.98. The Balaban J connectivity index is 2.20. The Morgan fingerprint density at radius 1 is 1.32 bits per heavy atom. The fraction of sp³-hybridized carbons (Fsp3) is 0.417. The summed E-state index contributed by atoms with van der Waals surface area (Å²) in [5.74, 6) is 0.291. The molecule has 1 aliphatic rings. The molecule has 0 bridgehead atoms. The molecule has 2 rings (SSSR count). The predicted octanol–water partition coefficient (Wildman–Crippen LogP) is 0.148. The van der Waals surface area contributed by atoms with Crippen LogP contribution in [0.4, 0.5) is 5.69 Å². The highest BCUT2D eigenvalue weighted by molar-refractivity contribution is 7.91. The number of amides is 1. The lowest BCUT2D eigenvalue weighted by Crippen LogP contribution is -2.43. The number of nitrogen functional groups attached to an aromatic ring is 1. The summed E-state index contributed by atoms with van der Waals surface area (Å²) in [6, 6.07) is 4.85. The second-order valence-electron chi connectivity index (χ2n) is 4.40. The molecular weight excluding hydrogens is 268 g/mol. The Bertz CT molecular complexity index is 584. The number of methoxy groups -OCH3 is 1. The van der Waals surface area contributed by atoms with E-state index in [0.717, 1.165) is 0 Å². The van der Waals surface area contributed by atoms with Crippen LogP contribution in [0, 0.1) is 0 Å². The van der Waals surface area contributed by atoms with Crippen LogP contribution in [0.15, 0.2) is 18.2 Å². The van der Waals surface area contributed by atoms with Gasteiger partial charge in [-0.25, -0.2) is 8.42 Å². The van der Waals surface area contributed by atoms with Crippen LogP contribution >= 0.6 is 0 Å². The van der Waals surface area contributed by atoms with Crippen LogP contribution in [0.5, 0.6) is 5.75 Å². The van der Waals surface area contributed by atoms with E-state index >= 15 is 0 Å². The van der Waals surface area contributed by atoms with E-state index in [-0.39, 0.29) is 30.5 Å². The van der Waals surface area contributed by atoms with Gasteiger partial charge in [0, 0.05) is 18.8 Å². The summed E-state index contributed by atoms with van der Waals surface area (Å²) in [4.78, 5) is 13.8. The highest BCUT2D eigenvalue weighted by Gasteiger charge is 2.26. The summed E-state index contributed by atoms with van der Waals surface area (Å²) in [7, 11) is -1.50. The Kier molecular flexibility index (Phi) is 3.66. The molecule has 1 fully saturated rings. The van der Waals surface area contributed by atoms with Crippen LogP contribution in [-0.4, -0.2) is 50.9 Å². The molecule has 0 unspecified atom stereocenters. The molecule has 1 amide bonds. The van der Waals surface area contributed by atoms with Gasteiger partial charge in [-0.15, -0.1) is 0 Å². The van der Waals surface area contributed by atoms with E-state index in [9.17, 15) is 13.2 Å². The molecule has 6 nitrogen and oxygen atoms in total. The van der Waals surface area contributed by atoms with Gasteiger partial charge in [-0.1, -0.05) is 0 Å². The second-order valence-corrected chi connectivity index (χ2v) is 6.70. The Hall–Kier alpha value is -1.76. The van der Waals surface area contributed by atoms with E-state index < -0.39 is 9.84 Å². The largest absolute Gasteiger partial charge is 0.497 e. The van der Waals surface area contributed by atoms with Crippen molar-refractivity contribution in [1.29, 1.82) is 0 Å². The van der Waals surface area contributed by atoms with Crippen molar-refractivity contribution < 1.29 is 17.9 Å². The van der Waals surface area contributed by atoms with E-state index in [4.69, 9.17) is 10.5 Å². The maximum atomic E-state index is 12.3. The molecule has 7 heteroatoms. The number of anilines is 1. The molecule has 0 saturated carbocycles. The molecule has 2 N–H and O–H groups in total. The van der Waals surface area contributed by atoms with Crippen molar-refractivity contribution in [2.45, 2.75) is 0 Å². The lowest BCUT2D eigenvalue weighted by Gasteiger charge is -2.27. The number of carbonyl (C=O) groups excluding carboxylic acids is 1. The highest BCUT2D eigenvalue weighted by Crippen LogP contribution is 2.21. The van der Waals surface area contributed by atoms with Gasteiger partial charge < -0.3 is 15.4 Å². The first-order valence-electron chi connectivity index (χ1n) is 5.86. The monoisotopic (exact) mass is 284 g/mol. The molecule has 1 aliphatic heterocycles. The number of hydrogen-bond acceptors (Lipinski definition) is 5. The van der Waals surface area contributed by atoms with Crippen molar-refractivity contribution in [3.05, 3.63) is 23.8 Å². The molecule has 0 atom stereocenters. The SMILES string of the molecule is COc1ccc(N)c(C(=O)N2CCS(=O)(=O)CC2)c1. The van der Waals surface area contributed by atoms with E-state index in [1.807, 2.05) is 0 Å². The minimum absolute atomic E-state index is 0.00259. The van der Waals surface area contributed by atoms with Gasteiger partial charge in [0.25, 0.3) is 5.91 Å². The second kappa shape index (κ2) is 5.08. The zero-order valence-electron chi connectivity index (χ0n) is 10.6. The van der Waals surface area contributed by atoms with E-state index in [1.165, 1.54) is 12.0 Å². The topological polar surface area (TPSA) is 89.7 Å². The average molecular weight is 284 g/mol. The summed E-state index contributed by atoms with van der Waals surface area (Å²) >= 11 is 0. The van der Waals surface area contributed by atoms with Gasteiger partial charge in [0.05, 0.1) is 24.2 Å². The van der Waals surface area contributed by atoms with Crippen molar-refractivity contribution in [2.24, 2.45) is 0 Å². The fourth-order valence-electron chi connectivity index (χ4n) is 1.93. The van der Waals surface area contributed by atoms with Crippen molar-refractivity contribution in [1.82, 2.24) is 4.90 Å². The molecule has 0 radical (unpaired) electrons. The van der Waals surface area contributed by atoms with Crippen LogP contribution in [0.25, 0.3) is 0 Å². The maximum Gasteiger partial charge on any atom is 0.256 e. The number of carbonyl (C=O) groups is 1. The molecule has 0 aliphatic carbocycles. The van der Waals surface area contributed by atoms with Crippen LogP contribution < -0.4 is 10.5 Å². The van der Waals surface area contributed by atoms with Crippen molar-refractivity contribution in [3.63, 3.8) is 0 Å². The Morgan fingerprint density at radius 3 is 2.53 bits per heavy atom. The number of hydrogen-bond donors (Lipinski definition) is 1.